The van der Waals surface area contributed by atoms with Crippen LogP contribution in [-0.4, -0.2) is 34.5 Å². The third-order valence-electron chi connectivity index (χ3n) is 3.56. The molecule has 4 N–H and O–H groups in total. The van der Waals surface area contributed by atoms with E-state index in [1.807, 2.05) is 6.07 Å². The summed E-state index contributed by atoms with van der Waals surface area (Å²) in [6.45, 7) is 5.15. The first-order valence-electron chi connectivity index (χ1n) is 8.57. The highest BCUT2D eigenvalue weighted by Crippen LogP contribution is 2.17. The largest absolute Gasteiger partial charge is 0.444 e. The molecule has 0 fully saturated rings. The highest BCUT2D eigenvalue weighted by molar-refractivity contribution is 5.98. The molecule has 0 aliphatic heterocycles. The van der Waals surface area contributed by atoms with Gasteiger partial charge in [-0.25, -0.2) is 4.79 Å². The lowest BCUT2D eigenvalue weighted by Crippen LogP contribution is -2.46. The van der Waals surface area contributed by atoms with Crippen molar-refractivity contribution in [3.05, 3.63) is 36.5 Å². The molecule has 0 saturated heterocycles. The van der Waals surface area contributed by atoms with Crippen LogP contribution < -0.4 is 16.4 Å². The minimum atomic E-state index is -0.961. The first kappa shape index (κ1) is 20.2. The molecule has 144 valence electrons. The van der Waals surface area contributed by atoms with Crippen LogP contribution >= 0.6 is 0 Å². The Morgan fingerprint density at radius 3 is 2.63 bits per heavy atom. The molecule has 0 unspecified atom stereocenters. The van der Waals surface area contributed by atoms with Gasteiger partial charge in [-0.05, 0) is 51.5 Å². The van der Waals surface area contributed by atoms with Crippen LogP contribution in [0.15, 0.2) is 36.5 Å². The molecule has 2 aromatic rings. The maximum absolute atomic E-state index is 12.6. The van der Waals surface area contributed by atoms with Crippen molar-refractivity contribution in [3.8, 4) is 0 Å². The number of anilines is 1. The molecule has 0 bridgehead atoms. The summed E-state index contributed by atoms with van der Waals surface area (Å²) in [5.41, 5.74) is 5.81. The number of nitrogens with two attached hydrogens (primary N) is 1. The van der Waals surface area contributed by atoms with Gasteiger partial charge < -0.3 is 21.1 Å². The summed E-state index contributed by atoms with van der Waals surface area (Å²) in [6, 6.07) is 7.99. The fourth-order valence-electron chi connectivity index (χ4n) is 2.39. The second-order valence-corrected chi connectivity index (χ2v) is 7.10. The summed E-state index contributed by atoms with van der Waals surface area (Å²) >= 11 is 0. The van der Waals surface area contributed by atoms with Crippen molar-refractivity contribution in [2.75, 3.05) is 5.32 Å². The van der Waals surface area contributed by atoms with Gasteiger partial charge in [0.05, 0.1) is 5.52 Å². The lowest BCUT2D eigenvalue weighted by Gasteiger charge is -2.23. The van der Waals surface area contributed by atoms with E-state index in [1.54, 1.807) is 51.2 Å². The van der Waals surface area contributed by atoms with Gasteiger partial charge in [0.1, 0.15) is 11.6 Å². The Bertz CT molecular complexity index is 845. The van der Waals surface area contributed by atoms with Crippen LogP contribution in [0.4, 0.5) is 10.5 Å². The van der Waals surface area contributed by atoms with Crippen LogP contribution in [-0.2, 0) is 14.3 Å². The Balaban J connectivity index is 2.10. The Kier molecular flexibility index (Phi) is 6.33. The fourth-order valence-corrected chi connectivity index (χ4v) is 2.39. The number of nitrogens with one attached hydrogen (secondary N) is 2. The molecule has 8 nitrogen and oxygen atoms in total. The van der Waals surface area contributed by atoms with Gasteiger partial charge in [-0.2, -0.15) is 0 Å². The number of carbonyl (C=O) groups is 3. The molecule has 27 heavy (non-hydrogen) atoms. The summed E-state index contributed by atoms with van der Waals surface area (Å²) in [4.78, 5) is 39.9. The molecule has 8 heteroatoms. The first-order chi connectivity index (χ1) is 12.6. The summed E-state index contributed by atoms with van der Waals surface area (Å²) in [5.74, 6) is -1.03. The number of pyridine rings is 1. The van der Waals surface area contributed by atoms with Crippen LogP contribution in [0.3, 0.4) is 0 Å². The van der Waals surface area contributed by atoms with E-state index in [1.165, 1.54) is 0 Å². The van der Waals surface area contributed by atoms with Crippen molar-refractivity contribution in [1.82, 2.24) is 10.3 Å². The summed E-state index contributed by atoms with van der Waals surface area (Å²) < 4.78 is 5.18. The van der Waals surface area contributed by atoms with Crippen LogP contribution in [0.5, 0.6) is 0 Å². The molecule has 2 rings (SSSR count). The molecule has 0 spiro atoms. The molecule has 1 aromatic carbocycles. The molecule has 1 atom stereocenters. The summed E-state index contributed by atoms with van der Waals surface area (Å²) in [7, 11) is 0. The molecule has 0 saturated carbocycles. The smallest absolute Gasteiger partial charge is 0.408 e. The number of rotatable bonds is 6. The Morgan fingerprint density at radius 1 is 1.22 bits per heavy atom. The number of carbonyl (C=O) groups excluding carboxylic acids is 3. The van der Waals surface area contributed by atoms with Gasteiger partial charge in [0, 0.05) is 23.7 Å². The van der Waals surface area contributed by atoms with E-state index in [9.17, 15) is 14.4 Å². The van der Waals surface area contributed by atoms with Crippen molar-refractivity contribution >= 4 is 34.5 Å². The van der Waals surface area contributed by atoms with Gasteiger partial charge in [-0.1, -0.05) is 6.07 Å². The minimum Gasteiger partial charge on any atom is -0.444 e. The average molecular weight is 372 g/mol. The van der Waals surface area contributed by atoms with E-state index in [2.05, 4.69) is 15.6 Å². The number of nitrogens with zero attached hydrogens (tertiary/aromatic N) is 1. The van der Waals surface area contributed by atoms with Gasteiger partial charge in [0.25, 0.3) is 0 Å². The second kappa shape index (κ2) is 8.48. The third-order valence-corrected chi connectivity index (χ3v) is 3.56. The van der Waals surface area contributed by atoms with Crippen LogP contribution in [0.2, 0.25) is 0 Å². The van der Waals surface area contributed by atoms with E-state index < -0.39 is 29.6 Å². The second-order valence-electron chi connectivity index (χ2n) is 7.10. The van der Waals surface area contributed by atoms with E-state index in [0.717, 1.165) is 10.9 Å². The predicted molar refractivity (Wildman–Crippen MR) is 102 cm³/mol. The van der Waals surface area contributed by atoms with Crippen LogP contribution in [0.25, 0.3) is 10.9 Å². The van der Waals surface area contributed by atoms with Crippen LogP contribution in [0.1, 0.15) is 33.6 Å². The maximum Gasteiger partial charge on any atom is 0.408 e. The van der Waals surface area contributed by atoms with Crippen LogP contribution in [0, 0.1) is 0 Å². The summed E-state index contributed by atoms with van der Waals surface area (Å²) in [6.07, 6.45) is 0.964. The zero-order valence-electron chi connectivity index (χ0n) is 15.6. The van der Waals surface area contributed by atoms with Crippen molar-refractivity contribution < 1.29 is 19.1 Å². The van der Waals surface area contributed by atoms with Gasteiger partial charge in [0.2, 0.25) is 11.8 Å². The lowest BCUT2D eigenvalue weighted by molar-refractivity contribution is -0.119. The molecule has 1 aromatic heterocycles. The topological polar surface area (TPSA) is 123 Å². The number of hydrogen-bond acceptors (Lipinski definition) is 5. The molecule has 1 heterocycles. The van der Waals surface area contributed by atoms with E-state index in [4.69, 9.17) is 10.5 Å². The normalized spacial score (nSPS) is 12.3. The highest BCUT2D eigenvalue weighted by Gasteiger charge is 2.25. The van der Waals surface area contributed by atoms with Crippen molar-refractivity contribution in [2.45, 2.75) is 45.3 Å². The zero-order chi connectivity index (χ0) is 20.0. The molecule has 3 amide bonds. The highest BCUT2D eigenvalue weighted by atomic mass is 16.6. The third kappa shape index (κ3) is 6.58. The number of amides is 3. The quantitative estimate of drug-likeness (QED) is 0.718. The number of hydrogen-bond donors (Lipinski definition) is 3. The number of ether oxygens (including phenoxy) is 1. The number of aromatic nitrogens is 1. The van der Waals surface area contributed by atoms with E-state index >= 15 is 0 Å². The number of benzene rings is 1. The Labute approximate surface area is 157 Å². The van der Waals surface area contributed by atoms with Gasteiger partial charge >= 0.3 is 6.09 Å². The number of alkyl carbamates (subject to hydrolysis) is 1. The van der Waals surface area contributed by atoms with Gasteiger partial charge in [-0.3, -0.25) is 14.6 Å². The van der Waals surface area contributed by atoms with Crippen molar-refractivity contribution in [1.29, 1.82) is 0 Å². The fraction of sp³-hybridized carbons (Fsp3) is 0.368. The van der Waals surface area contributed by atoms with Gasteiger partial charge in [-0.15, -0.1) is 0 Å². The molecule has 0 aliphatic rings. The standard InChI is InChI=1S/C19H24N4O4/c1-19(2,3)27-18(26)23-15(8-9-16(20)24)17(25)22-13-6-7-14-12(11-13)5-4-10-21-14/h4-7,10-11,15H,8-9H2,1-3H3,(H2,20,24)(H,22,25)(H,23,26)/t15-/m0/s1. The van der Waals surface area contributed by atoms with Crippen molar-refractivity contribution in [3.63, 3.8) is 0 Å². The molecule has 0 aliphatic carbocycles. The average Bonchev–Trinajstić information content (AvgIpc) is 2.56. The summed E-state index contributed by atoms with van der Waals surface area (Å²) in [5, 5.41) is 6.09. The maximum atomic E-state index is 12.6. The Hall–Kier alpha value is -3.16. The molecule has 0 radical (unpaired) electrons. The number of fused-ring (bicyclic) bond motifs is 1. The lowest BCUT2D eigenvalue weighted by atomic mass is 10.1. The first-order valence-corrected chi connectivity index (χ1v) is 8.57. The van der Waals surface area contributed by atoms with Gasteiger partial charge in [0.15, 0.2) is 0 Å². The molecular formula is C19H24N4O4. The SMILES string of the molecule is CC(C)(C)OC(=O)N[C@@H](CCC(N)=O)C(=O)Nc1ccc2ncccc2c1. The van der Waals surface area contributed by atoms with Crippen molar-refractivity contribution in [2.24, 2.45) is 5.73 Å². The Morgan fingerprint density at radius 2 is 1.96 bits per heavy atom. The zero-order valence-corrected chi connectivity index (χ0v) is 15.6. The predicted octanol–water partition coefficient (Wildman–Crippen LogP) is 2.33. The minimum absolute atomic E-state index is 0.0461. The monoisotopic (exact) mass is 372 g/mol. The van der Waals surface area contributed by atoms with E-state index in [-0.39, 0.29) is 12.8 Å². The number of primary amides is 1. The molecular weight excluding hydrogens is 348 g/mol. The van der Waals surface area contributed by atoms with E-state index in [0.29, 0.717) is 5.69 Å².